The second kappa shape index (κ2) is 4.59. The molecule has 148 valence electrons. The van der Waals surface area contributed by atoms with Crippen molar-refractivity contribution in [2.45, 2.75) is 76.7 Å². The minimum atomic E-state index is -0.0395. The molecule has 9 fully saturated rings. The maximum absolute atomic E-state index is 13.0. The molecule has 4 saturated carbocycles. The van der Waals surface area contributed by atoms with Gasteiger partial charge < -0.3 is 9.47 Å². The van der Waals surface area contributed by atoms with E-state index in [9.17, 15) is 4.79 Å². The molecule has 5 aliphatic heterocycles. The van der Waals surface area contributed by atoms with Crippen LogP contribution in [0.5, 0.6) is 0 Å². The molecule has 0 N–H and O–H groups in total. The van der Waals surface area contributed by atoms with E-state index in [1.54, 1.807) is 7.11 Å². The molecule has 5 saturated heterocycles. The van der Waals surface area contributed by atoms with Crippen LogP contribution in [-0.4, -0.2) is 42.4 Å². The predicted octanol–water partition coefficient (Wildman–Crippen LogP) is 3.45. The third kappa shape index (κ3) is 1.35. The van der Waals surface area contributed by atoms with Gasteiger partial charge in [0.1, 0.15) is 6.23 Å². The highest BCUT2D eigenvalue weighted by Crippen LogP contribution is 2.84. The molecule has 0 aromatic carbocycles. The number of carbonyl (C=O) groups excluding carboxylic acids is 1. The highest BCUT2D eigenvalue weighted by molar-refractivity contribution is 5.74. The fraction of sp³-hybridized carbons (Fsp3) is 0.957. The van der Waals surface area contributed by atoms with Crippen LogP contribution in [0.4, 0.5) is 0 Å². The van der Waals surface area contributed by atoms with Gasteiger partial charge in [-0.15, -0.1) is 0 Å². The van der Waals surface area contributed by atoms with Crippen LogP contribution in [0.3, 0.4) is 0 Å². The van der Waals surface area contributed by atoms with Gasteiger partial charge in [-0.2, -0.15) is 0 Å². The Morgan fingerprint density at radius 3 is 2.70 bits per heavy atom. The van der Waals surface area contributed by atoms with E-state index in [0.717, 1.165) is 18.3 Å². The molecule has 11 atom stereocenters. The van der Waals surface area contributed by atoms with Crippen LogP contribution >= 0.6 is 0 Å². The van der Waals surface area contributed by atoms with Gasteiger partial charge in [0.25, 0.3) is 0 Å². The Labute approximate surface area is 162 Å². The second-order valence-corrected chi connectivity index (χ2v) is 11.4. The van der Waals surface area contributed by atoms with Crippen molar-refractivity contribution in [1.29, 1.82) is 0 Å². The first kappa shape index (κ1) is 16.2. The van der Waals surface area contributed by atoms with Gasteiger partial charge in [-0.1, -0.05) is 13.8 Å². The van der Waals surface area contributed by atoms with E-state index in [2.05, 4.69) is 18.7 Å². The number of hydrogen-bond donors (Lipinski definition) is 0. The first-order chi connectivity index (χ1) is 13.0. The molecule has 3 unspecified atom stereocenters. The molecule has 0 aromatic heterocycles. The van der Waals surface area contributed by atoms with Gasteiger partial charge in [0.2, 0.25) is 0 Å². The number of piperidine rings is 1. The number of fused-ring (bicyclic) bond motifs is 1. The average Bonchev–Trinajstić information content (AvgIpc) is 3.22. The van der Waals surface area contributed by atoms with Gasteiger partial charge in [0.05, 0.1) is 18.6 Å². The molecule has 6 bridgehead atoms. The number of carbonyl (C=O) groups is 1. The van der Waals surface area contributed by atoms with Crippen molar-refractivity contribution < 1.29 is 14.3 Å². The third-order valence-electron chi connectivity index (χ3n) is 11.4. The summed E-state index contributed by atoms with van der Waals surface area (Å²) in [4.78, 5) is 15.8. The molecule has 0 amide bonds. The lowest BCUT2D eigenvalue weighted by Crippen LogP contribution is -2.81. The van der Waals surface area contributed by atoms with Gasteiger partial charge in [-0.25, -0.2) is 0 Å². The highest BCUT2D eigenvalue weighted by Gasteiger charge is 2.88. The highest BCUT2D eigenvalue weighted by atomic mass is 16.5. The zero-order valence-corrected chi connectivity index (χ0v) is 16.9. The normalized spacial score (nSPS) is 64.7. The van der Waals surface area contributed by atoms with Crippen molar-refractivity contribution in [2.24, 2.45) is 46.3 Å². The molecule has 4 nitrogen and oxygen atoms in total. The maximum Gasteiger partial charge on any atom is 0.309 e. The lowest BCUT2D eigenvalue weighted by Gasteiger charge is -2.76. The van der Waals surface area contributed by atoms with E-state index in [0.29, 0.717) is 35.4 Å². The van der Waals surface area contributed by atoms with Gasteiger partial charge in [-0.3, -0.25) is 9.69 Å². The molecule has 9 rings (SSSR count). The smallest absolute Gasteiger partial charge is 0.309 e. The molecule has 27 heavy (non-hydrogen) atoms. The van der Waals surface area contributed by atoms with Gasteiger partial charge in [0.15, 0.2) is 0 Å². The summed E-state index contributed by atoms with van der Waals surface area (Å²) in [6, 6.07) is 0.650. The Kier molecular flexibility index (Phi) is 2.75. The average molecular weight is 372 g/mol. The maximum atomic E-state index is 13.0. The first-order valence-corrected chi connectivity index (χ1v) is 11.5. The Morgan fingerprint density at radius 2 is 1.93 bits per heavy atom. The van der Waals surface area contributed by atoms with Crippen molar-refractivity contribution >= 4 is 5.97 Å². The lowest BCUT2D eigenvalue weighted by molar-refractivity contribution is -0.392. The van der Waals surface area contributed by atoms with Gasteiger partial charge in [-0.05, 0) is 68.1 Å². The largest absolute Gasteiger partial charge is 0.469 e. The zero-order chi connectivity index (χ0) is 18.3. The van der Waals surface area contributed by atoms with Crippen molar-refractivity contribution in [2.75, 3.05) is 13.7 Å². The van der Waals surface area contributed by atoms with Crippen molar-refractivity contribution in [3.05, 3.63) is 0 Å². The number of ether oxygens (including phenoxy) is 2. The quantitative estimate of drug-likeness (QED) is 0.662. The van der Waals surface area contributed by atoms with Crippen molar-refractivity contribution in [1.82, 2.24) is 4.90 Å². The Morgan fingerprint density at radius 1 is 1.15 bits per heavy atom. The summed E-state index contributed by atoms with van der Waals surface area (Å²) in [7, 11) is 1.59. The summed E-state index contributed by atoms with van der Waals surface area (Å²) >= 11 is 0. The summed E-state index contributed by atoms with van der Waals surface area (Å²) in [6.07, 6.45) is 9.19. The molecule has 2 spiro atoms. The Bertz CT molecular complexity index is 739. The van der Waals surface area contributed by atoms with Gasteiger partial charge >= 0.3 is 5.97 Å². The SMILES string of the molecule is COC(=O)[C@@H]1C[C@]23C4[C@@H]5CC[C@@]2(C)C2CCC6CC[C@H]1[C@@]63O[C@H]2N4C[C@H]5C. The zero-order valence-electron chi connectivity index (χ0n) is 16.9. The fourth-order valence-corrected chi connectivity index (χ4v) is 10.8. The number of esters is 1. The summed E-state index contributed by atoms with van der Waals surface area (Å²) in [5, 5.41) is 0. The van der Waals surface area contributed by atoms with Crippen LogP contribution < -0.4 is 0 Å². The minimum absolute atomic E-state index is 0.0395. The molecular weight excluding hydrogens is 338 g/mol. The lowest BCUT2D eigenvalue weighted by atomic mass is 9.40. The molecule has 4 heteroatoms. The first-order valence-electron chi connectivity index (χ1n) is 11.5. The van der Waals surface area contributed by atoms with E-state index in [-0.39, 0.29) is 22.9 Å². The number of rotatable bonds is 1. The molecule has 9 aliphatic rings. The third-order valence-corrected chi connectivity index (χ3v) is 11.4. The summed E-state index contributed by atoms with van der Waals surface area (Å²) in [5.74, 6) is 3.41. The molecule has 0 aromatic rings. The summed E-state index contributed by atoms with van der Waals surface area (Å²) in [5.41, 5.74) is 0.480. The summed E-state index contributed by atoms with van der Waals surface area (Å²) < 4.78 is 12.7. The minimum Gasteiger partial charge on any atom is -0.469 e. The fourth-order valence-electron chi connectivity index (χ4n) is 10.8. The Hall–Kier alpha value is -0.610. The van der Waals surface area contributed by atoms with E-state index in [1.165, 1.54) is 45.1 Å². The second-order valence-electron chi connectivity index (χ2n) is 11.4. The number of hydrogen-bond acceptors (Lipinski definition) is 4. The Balaban J connectivity index is 1.53. The standard InChI is InChI=1S/C23H33NO3/c1-12-11-24-18-14(12)8-9-21(2)17-7-5-13-4-6-16-15(20(25)26-3)10-22(18,21)23(13,16)27-19(17)24/h12-19H,4-11H2,1-3H3/t12-,13?,14-,15-,16-,17?,18?,19-,21+,22+,23+/m1/s1. The van der Waals surface area contributed by atoms with Crippen molar-refractivity contribution in [3.63, 3.8) is 0 Å². The van der Waals surface area contributed by atoms with Crippen LogP contribution in [0.1, 0.15) is 58.8 Å². The van der Waals surface area contributed by atoms with Crippen LogP contribution in [0, 0.1) is 46.3 Å². The van der Waals surface area contributed by atoms with Crippen LogP contribution in [0.15, 0.2) is 0 Å². The number of methoxy groups -OCH3 is 1. The van der Waals surface area contributed by atoms with E-state index in [1.807, 2.05) is 0 Å². The van der Waals surface area contributed by atoms with Crippen LogP contribution in [0.25, 0.3) is 0 Å². The molecular formula is C23H33NO3. The van der Waals surface area contributed by atoms with E-state index < -0.39 is 0 Å². The monoisotopic (exact) mass is 371 g/mol. The van der Waals surface area contributed by atoms with E-state index in [4.69, 9.17) is 9.47 Å². The topological polar surface area (TPSA) is 38.8 Å². The number of nitrogens with zero attached hydrogens (tertiary/aromatic N) is 1. The van der Waals surface area contributed by atoms with Crippen molar-refractivity contribution in [3.8, 4) is 0 Å². The summed E-state index contributed by atoms with van der Waals surface area (Å²) in [6.45, 7) is 6.32. The molecule has 4 aliphatic carbocycles. The van der Waals surface area contributed by atoms with Crippen LogP contribution in [0.2, 0.25) is 0 Å². The van der Waals surface area contributed by atoms with E-state index >= 15 is 0 Å². The van der Waals surface area contributed by atoms with Gasteiger partial charge in [0, 0.05) is 29.8 Å². The van der Waals surface area contributed by atoms with Crippen LogP contribution in [-0.2, 0) is 14.3 Å². The predicted molar refractivity (Wildman–Crippen MR) is 99.6 cm³/mol. The molecule has 5 heterocycles. The molecule has 0 radical (unpaired) electrons.